The number of hydrogen-bond donors (Lipinski definition) is 1. The number of imidazole rings is 1. The Labute approximate surface area is 97.4 Å². The largest absolute Gasteiger partial charge is 0.383 e. The van der Waals surface area contributed by atoms with Gasteiger partial charge in [0.25, 0.3) is 0 Å². The van der Waals surface area contributed by atoms with Crippen LogP contribution in [0.2, 0.25) is 0 Å². The van der Waals surface area contributed by atoms with Gasteiger partial charge in [0, 0.05) is 6.20 Å². The third-order valence-corrected chi connectivity index (χ3v) is 2.94. The molecule has 4 heteroatoms. The van der Waals surface area contributed by atoms with Crippen molar-refractivity contribution in [2.75, 3.05) is 5.73 Å². The van der Waals surface area contributed by atoms with Crippen molar-refractivity contribution in [3.63, 3.8) is 0 Å². The molecule has 0 aliphatic rings. The predicted molar refractivity (Wildman–Crippen MR) is 65.8 cm³/mol. The number of nitrogens with two attached hydrogens (primary N) is 1. The van der Waals surface area contributed by atoms with Crippen LogP contribution in [0.4, 0.5) is 5.82 Å². The lowest BCUT2D eigenvalue weighted by molar-refractivity contribution is 0.639. The SMILES string of the molecule is CC(C)Cc1nc2c(Br)cccn2c1N. The van der Waals surface area contributed by atoms with Gasteiger partial charge < -0.3 is 5.73 Å². The van der Waals surface area contributed by atoms with Crippen molar-refractivity contribution >= 4 is 27.4 Å². The van der Waals surface area contributed by atoms with Gasteiger partial charge in [0.2, 0.25) is 0 Å². The molecular weight excluding hydrogens is 254 g/mol. The van der Waals surface area contributed by atoms with Crippen LogP contribution in [0.1, 0.15) is 19.5 Å². The number of hydrogen-bond acceptors (Lipinski definition) is 2. The van der Waals surface area contributed by atoms with Crippen LogP contribution >= 0.6 is 15.9 Å². The smallest absolute Gasteiger partial charge is 0.153 e. The highest BCUT2D eigenvalue weighted by Gasteiger charge is 2.11. The van der Waals surface area contributed by atoms with E-state index >= 15 is 0 Å². The van der Waals surface area contributed by atoms with Crippen LogP contribution < -0.4 is 5.73 Å². The molecule has 0 aromatic carbocycles. The van der Waals surface area contributed by atoms with Crippen molar-refractivity contribution in [2.24, 2.45) is 5.92 Å². The number of nitrogen functional groups attached to an aromatic ring is 1. The summed E-state index contributed by atoms with van der Waals surface area (Å²) in [4.78, 5) is 4.54. The number of pyridine rings is 1. The molecule has 0 spiro atoms. The van der Waals surface area contributed by atoms with Crippen LogP contribution in [-0.4, -0.2) is 9.38 Å². The van der Waals surface area contributed by atoms with E-state index in [0.717, 1.165) is 28.1 Å². The molecule has 2 rings (SSSR count). The van der Waals surface area contributed by atoms with E-state index in [-0.39, 0.29) is 0 Å². The second kappa shape index (κ2) is 3.85. The van der Waals surface area contributed by atoms with E-state index < -0.39 is 0 Å². The molecule has 80 valence electrons. The third kappa shape index (κ3) is 1.86. The highest BCUT2D eigenvalue weighted by atomic mass is 79.9. The van der Waals surface area contributed by atoms with Gasteiger partial charge in [-0.1, -0.05) is 13.8 Å². The van der Waals surface area contributed by atoms with E-state index in [1.807, 2.05) is 22.7 Å². The molecule has 15 heavy (non-hydrogen) atoms. The molecule has 0 amide bonds. The van der Waals surface area contributed by atoms with Crippen molar-refractivity contribution in [3.8, 4) is 0 Å². The van der Waals surface area contributed by atoms with E-state index in [0.29, 0.717) is 5.92 Å². The van der Waals surface area contributed by atoms with E-state index in [1.165, 1.54) is 0 Å². The summed E-state index contributed by atoms with van der Waals surface area (Å²) in [7, 11) is 0. The van der Waals surface area contributed by atoms with Crippen molar-refractivity contribution in [3.05, 3.63) is 28.5 Å². The summed E-state index contributed by atoms with van der Waals surface area (Å²) in [5.74, 6) is 1.32. The number of nitrogens with zero attached hydrogens (tertiary/aromatic N) is 2. The Hall–Kier alpha value is -1.03. The number of fused-ring (bicyclic) bond motifs is 1. The molecule has 0 atom stereocenters. The first-order valence-electron chi connectivity index (χ1n) is 5.00. The van der Waals surface area contributed by atoms with Crippen LogP contribution in [0.15, 0.2) is 22.8 Å². The summed E-state index contributed by atoms with van der Waals surface area (Å²) in [6.07, 6.45) is 2.85. The molecule has 0 fully saturated rings. The summed E-state index contributed by atoms with van der Waals surface area (Å²) in [5.41, 5.74) is 7.91. The van der Waals surface area contributed by atoms with Crippen LogP contribution in [0, 0.1) is 5.92 Å². The van der Waals surface area contributed by atoms with Crippen molar-refractivity contribution in [2.45, 2.75) is 20.3 Å². The Kier molecular flexibility index (Phi) is 2.69. The first-order chi connectivity index (χ1) is 7.09. The Bertz CT molecular complexity index is 488. The molecule has 0 aliphatic carbocycles. The zero-order valence-electron chi connectivity index (χ0n) is 8.87. The van der Waals surface area contributed by atoms with E-state index in [2.05, 4.69) is 34.8 Å². The average molecular weight is 268 g/mol. The molecule has 2 aromatic heterocycles. The highest BCUT2D eigenvalue weighted by molar-refractivity contribution is 9.10. The number of aromatic nitrogens is 2. The van der Waals surface area contributed by atoms with Crippen molar-refractivity contribution in [1.29, 1.82) is 0 Å². The van der Waals surface area contributed by atoms with Crippen molar-refractivity contribution in [1.82, 2.24) is 9.38 Å². The molecule has 2 N–H and O–H groups in total. The van der Waals surface area contributed by atoms with Gasteiger partial charge in [-0.3, -0.25) is 4.40 Å². The minimum atomic E-state index is 0.566. The molecule has 0 unspecified atom stereocenters. The predicted octanol–water partition coefficient (Wildman–Crippen LogP) is 2.88. The van der Waals surface area contributed by atoms with Gasteiger partial charge in [-0.2, -0.15) is 0 Å². The Balaban J connectivity index is 2.59. The minimum Gasteiger partial charge on any atom is -0.383 e. The van der Waals surface area contributed by atoms with Gasteiger partial charge in [-0.25, -0.2) is 4.98 Å². The summed E-state index contributed by atoms with van der Waals surface area (Å²) in [5, 5.41) is 0. The van der Waals surface area contributed by atoms with Crippen LogP contribution in [0.3, 0.4) is 0 Å². The van der Waals surface area contributed by atoms with Gasteiger partial charge in [0.1, 0.15) is 5.82 Å². The Morgan fingerprint density at radius 2 is 2.27 bits per heavy atom. The number of anilines is 1. The van der Waals surface area contributed by atoms with Gasteiger partial charge >= 0.3 is 0 Å². The van der Waals surface area contributed by atoms with Gasteiger partial charge in [0.15, 0.2) is 5.65 Å². The summed E-state index contributed by atoms with van der Waals surface area (Å²) in [6.45, 7) is 4.33. The second-order valence-corrected chi connectivity index (χ2v) is 4.95. The normalized spacial score (nSPS) is 11.5. The standard InChI is InChI=1S/C11H14BrN3/c1-7(2)6-9-10(13)15-5-3-4-8(12)11(15)14-9/h3-5,7H,6,13H2,1-2H3. The minimum absolute atomic E-state index is 0.566. The third-order valence-electron chi connectivity index (χ3n) is 2.32. The lowest BCUT2D eigenvalue weighted by Gasteiger charge is -2.01. The number of halogens is 1. The molecule has 3 nitrogen and oxygen atoms in total. The summed E-state index contributed by atoms with van der Waals surface area (Å²) < 4.78 is 2.90. The molecule has 0 saturated heterocycles. The average Bonchev–Trinajstić information content (AvgIpc) is 2.46. The van der Waals surface area contributed by atoms with Crippen molar-refractivity contribution < 1.29 is 0 Å². The maximum atomic E-state index is 6.04. The fraction of sp³-hybridized carbons (Fsp3) is 0.364. The molecule has 0 bridgehead atoms. The maximum Gasteiger partial charge on any atom is 0.153 e. The molecule has 0 aliphatic heterocycles. The molecule has 2 heterocycles. The van der Waals surface area contributed by atoms with Gasteiger partial charge in [-0.05, 0) is 40.4 Å². The summed E-state index contributed by atoms with van der Waals surface area (Å²) >= 11 is 3.47. The molecule has 0 saturated carbocycles. The van der Waals surface area contributed by atoms with Crippen LogP contribution in [-0.2, 0) is 6.42 Å². The monoisotopic (exact) mass is 267 g/mol. The second-order valence-electron chi connectivity index (χ2n) is 4.09. The first-order valence-corrected chi connectivity index (χ1v) is 5.80. The molecular formula is C11H14BrN3. The quantitative estimate of drug-likeness (QED) is 0.910. The van der Waals surface area contributed by atoms with E-state index in [9.17, 15) is 0 Å². The lowest BCUT2D eigenvalue weighted by atomic mass is 10.1. The first kappa shape index (κ1) is 10.5. The zero-order valence-corrected chi connectivity index (χ0v) is 10.5. The van der Waals surface area contributed by atoms with Gasteiger partial charge in [-0.15, -0.1) is 0 Å². The van der Waals surface area contributed by atoms with E-state index in [1.54, 1.807) is 0 Å². The topological polar surface area (TPSA) is 43.3 Å². The van der Waals surface area contributed by atoms with Crippen LogP contribution in [0.5, 0.6) is 0 Å². The lowest BCUT2D eigenvalue weighted by Crippen LogP contribution is -2.00. The maximum absolute atomic E-state index is 6.04. The zero-order chi connectivity index (χ0) is 11.0. The number of rotatable bonds is 2. The Morgan fingerprint density at radius 3 is 2.87 bits per heavy atom. The van der Waals surface area contributed by atoms with Gasteiger partial charge in [0.05, 0.1) is 10.2 Å². The summed E-state index contributed by atoms with van der Waals surface area (Å²) in [6, 6.07) is 3.93. The molecule has 2 aromatic rings. The molecule has 0 radical (unpaired) electrons. The highest BCUT2D eigenvalue weighted by Crippen LogP contribution is 2.23. The fourth-order valence-electron chi connectivity index (χ4n) is 1.64. The van der Waals surface area contributed by atoms with E-state index in [4.69, 9.17) is 5.73 Å². The van der Waals surface area contributed by atoms with Crippen LogP contribution in [0.25, 0.3) is 5.65 Å². The Morgan fingerprint density at radius 1 is 1.53 bits per heavy atom. The fourth-order valence-corrected chi connectivity index (χ4v) is 2.07.